The fourth-order valence-electron chi connectivity index (χ4n) is 5.55. The number of anilines is 1. The minimum absolute atomic E-state index is 0.00658. The van der Waals surface area contributed by atoms with Gasteiger partial charge in [0.1, 0.15) is 5.82 Å². The number of fused-ring (bicyclic) bond motifs is 1. The molecule has 34 heavy (non-hydrogen) atoms. The number of amides is 2. The van der Waals surface area contributed by atoms with Crippen molar-refractivity contribution >= 4 is 28.9 Å². The summed E-state index contributed by atoms with van der Waals surface area (Å²) in [5.41, 5.74) is 3.45. The summed E-state index contributed by atoms with van der Waals surface area (Å²) in [7, 11) is 0. The van der Waals surface area contributed by atoms with Crippen molar-refractivity contribution in [3.05, 3.63) is 96.4 Å². The van der Waals surface area contributed by atoms with Crippen molar-refractivity contribution in [3.63, 3.8) is 0 Å². The van der Waals surface area contributed by atoms with Crippen LogP contribution >= 0.6 is 0 Å². The number of aromatic nitrogens is 1. The molecule has 2 atom stereocenters. The standard InChI is InChI=1S/C28H24FN3O2/c29-21-6-8-22(9-7-21)31-15-12-20-16-23(10-11-25(20)31)32-26(34)17-24(28(13-14-28)30-18-33)27(32)19-4-2-1-3-5-19/h1-12,15-16,18,24,27H,13-14,17H2,(H,30,33)/t24-,27-/m0/s1. The molecule has 6 heteroatoms. The van der Waals surface area contributed by atoms with Crippen LogP contribution in [-0.4, -0.2) is 22.4 Å². The lowest BCUT2D eigenvalue weighted by Gasteiger charge is -2.33. The zero-order valence-electron chi connectivity index (χ0n) is 18.5. The van der Waals surface area contributed by atoms with Crippen LogP contribution in [0.1, 0.15) is 30.9 Å². The van der Waals surface area contributed by atoms with E-state index in [1.54, 1.807) is 12.1 Å². The van der Waals surface area contributed by atoms with Gasteiger partial charge in [0.25, 0.3) is 0 Å². The number of carbonyl (C=O) groups is 2. The van der Waals surface area contributed by atoms with Gasteiger partial charge in [-0.3, -0.25) is 9.59 Å². The summed E-state index contributed by atoms with van der Waals surface area (Å²) in [5, 5.41) is 4.03. The van der Waals surface area contributed by atoms with Gasteiger partial charge in [-0.2, -0.15) is 0 Å². The summed E-state index contributed by atoms with van der Waals surface area (Å²) < 4.78 is 15.4. The molecule has 3 aromatic carbocycles. The lowest BCUT2D eigenvalue weighted by molar-refractivity contribution is -0.118. The first-order valence-corrected chi connectivity index (χ1v) is 11.5. The molecule has 1 saturated heterocycles. The van der Waals surface area contributed by atoms with Crippen molar-refractivity contribution in [1.82, 2.24) is 9.88 Å². The third-order valence-electron chi connectivity index (χ3n) is 7.37. The highest BCUT2D eigenvalue weighted by Crippen LogP contribution is 2.54. The van der Waals surface area contributed by atoms with E-state index in [1.165, 1.54) is 12.1 Å². The van der Waals surface area contributed by atoms with Gasteiger partial charge >= 0.3 is 0 Å². The second-order valence-corrected chi connectivity index (χ2v) is 9.25. The largest absolute Gasteiger partial charge is 0.353 e. The van der Waals surface area contributed by atoms with Crippen LogP contribution in [0.3, 0.4) is 0 Å². The van der Waals surface area contributed by atoms with Crippen molar-refractivity contribution in [2.45, 2.75) is 30.8 Å². The molecule has 2 aliphatic rings. The van der Waals surface area contributed by atoms with Gasteiger partial charge in [-0.15, -0.1) is 0 Å². The van der Waals surface area contributed by atoms with E-state index >= 15 is 0 Å². The third kappa shape index (κ3) is 3.29. The summed E-state index contributed by atoms with van der Waals surface area (Å²) in [6, 6.07) is 24.3. The number of hydrogen-bond acceptors (Lipinski definition) is 2. The Hall–Kier alpha value is -3.93. The molecule has 1 aliphatic carbocycles. The fourth-order valence-corrected chi connectivity index (χ4v) is 5.55. The van der Waals surface area contributed by atoms with E-state index in [-0.39, 0.29) is 29.2 Å². The molecular formula is C28H24FN3O2. The highest BCUT2D eigenvalue weighted by molar-refractivity contribution is 5.99. The van der Waals surface area contributed by atoms with E-state index < -0.39 is 0 Å². The monoisotopic (exact) mass is 453 g/mol. The van der Waals surface area contributed by atoms with Gasteiger partial charge in [-0.1, -0.05) is 30.3 Å². The molecule has 0 unspecified atom stereocenters. The zero-order chi connectivity index (χ0) is 23.3. The smallest absolute Gasteiger partial charge is 0.228 e. The van der Waals surface area contributed by atoms with Crippen LogP contribution in [0, 0.1) is 11.7 Å². The molecule has 4 aromatic rings. The number of carbonyl (C=O) groups excluding carboxylic acids is 2. The Labute approximate surface area is 196 Å². The van der Waals surface area contributed by atoms with E-state index in [1.807, 2.05) is 58.1 Å². The molecule has 1 aromatic heterocycles. The molecule has 0 bridgehead atoms. The maximum Gasteiger partial charge on any atom is 0.228 e. The normalized spacial score (nSPS) is 21.1. The molecule has 0 radical (unpaired) electrons. The number of benzene rings is 3. The van der Waals surface area contributed by atoms with Gasteiger partial charge in [0.05, 0.1) is 11.6 Å². The summed E-state index contributed by atoms with van der Waals surface area (Å²) >= 11 is 0. The molecule has 5 nitrogen and oxygen atoms in total. The van der Waals surface area contributed by atoms with Crippen LogP contribution in [0.2, 0.25) is 0 Å². The lowest BCUT2D eigenvalue weighted by Crippen LogP contribution is -2.41. The number of hydrogen-bond donors (Lipinski definition) is 1. The second kappa shape index (κ2) is 7.83. The van der Waals surface area contributed by atoms with E-state index in [4.69, 9.17) is 0 Å². The number of nitrogens with zero attached hydrogens (tertiary/aromatic N) is 2. The molecule has 0 spiro atoms. The number of halogens is 1. The maximum atomic E-state index is 13.4. The van der Waals surface area contributed by atoms with Gasteiger partial charge in [0.15, 0.2) is 0 Å². The summed E-state index contributed by atoms with van der Waals surface area (Å²) in [6.45, 7) is 0. The van der Waals surface area contributed by atoms with Crippen molar-refractivity contribution in [1.29, 1.82) is 0 Å². The molecule has 1 aliphatic heterocycles. The van der Waals surface area contributed by atoms with Gasteiger partial charge in [-0.25, -0.2) is 4.39 Å². The Morgan fingerprint density at radius 2 is 1.68 bits per heavy atom. The van der Waals surface area contributed by atoms with Crippen molar-refractivity contribution < 1.29 is 14.0 Å². The predicted molar refractivity (Wildman–Crippen MR) is 129 cm³/mol. The SMILES string of the molecule is O=CNC1([C@H]2CC(=O)N(c3ccc4c(ccn4-c4ccc(F)cc4)c3)[C@H]2c2ccccc2)CC1. The Bertz CT molecular complexity index is 1380. The molecule has 1 N–H and O–H groups in total. The molecule has 2 amide bonds. The second-order valence-electron chi connectivity index (χ2n) is 9.25. The van der Waals surface area contributed by atoms with Gasteiger partial charge in [0.2, 0.25) is 12.3 Å². The Balaban J connectivity index is 1.42. The topological polar surface area (TPSA) is 54.3 Å². The Morgan fingerprint density at radius 1 is 0.941 bits per heavy atom. The first-order valence-electron chi connectivity index (χ1n) is 11.5. The number of rotatable bonds is 6. The zero-order valence-corrected chi connectivity index (χ0v) is 18.5. The summed E-state index contributed by atoms with van der Waals surface area (Å²) in [6.07, 6.45) is 4.90. The van der Waals surface area contributed by atoms with Gasteiger partial charge in [-0.05, 0) is 66.9 Å². The van der Waals surface area contributed by atoms with Crippen LogP contribution in [-0.2, 0) is 9.59 Å². The first-order chi connectivity index (χ1) is 16.6. The highest BCUT2D eigenvalue weighted by atomic mass is 19.1. The molecule has 170 valence electrons. The Kier molecular flexibility index (Phi) is 4.76. The van der Waals surface area contributed by atoms with Crippen molar-refractivity contribution in [2.75, 3.05) is 4.90 Å². The molecule has 2 heterocycles. The van der Waals surface area contributed by atoms with Crippen molar-refractivity contribution in [2.24, 2.45) is 5.92 Å². The average Bonchev–Trinajstić information content (AvgIpc) is 3.37. The van der Waals surface area contributed by atoms with Gasteiger partial charge in [0, 0.05) is 40.8 Å². The van der Waals surface area contributed by atoms with E-state index in [2.05, 4.69) is 17.4 Å². The van der Waals surface area contributed by atoms with Crippen LogP contribution in [0.4, 0.5) is 10.1 Å². The molecule has 2 fully saturated rings. The minimum Gasteiger partial charge on any atom is -0.353 e. The number of nitrogens with one attached hydrogen (secondary N) is 1. The first kappa shape index (κ1) is 20.7. The molecule has 1 saturated carbocycles. The Morgan fingerprint density at radius 3 is 2.38 bits per heavy atom. The van der Waals surface area contributed by atoms with Crippen molar-refractivity contribution in [3.8, 4) is 5.69 Å². The average molecular weight is 454 g/mol. The van der Waals surface area contributed by atoms with E-state index in [0.717, 1.165) is 47.1 Å². The van der Waals surface area contributed by atoms with Gasteiger partial charge < -0.3 is 14.8 Å². The lowest BCUT2D eigenvalue weighted by atomic mass is 9.85. The van der Waals surface area contributed by atoms with E-state index in [9.17, 15) is 14.0 Å². The minimum atomic E-state index is -0.317. The van der Waals surface area contributed by atoms with Crippen LogP contribution in [0.5, 0.6) is 0 Å². The predicted octanol–water partition coefficient (Wildman–Crippen LogP) is 5.14. The summed E-state index contributed by atoms with van der Waals surface area (Å²) in [4.78, 5) is 26.7. The van der Waals surface area contributed by atoms with Crippen LogP contribution in [0.25, 0.3) is 16.6 Å². The van der Waals surface area contributed by atoms with E-state index in [0.29, 0.717) is 6.42 Å². The summed E-state index contributed by atoms with van der Waals surface area (Å²) in [5.74, 6) is -0.198. The maximum absolute atomic E-state index is 13.4. The molecular weight excluding hydrogens is 429 g/mol. The van der Waals surface area contributed by atoms with Crippen LogP contribution in [0.15, 0.2) is 85.1 Å². The third-order valence-corrected chi connectivity index (χ3v) is 7.37. The quantitative estimate of drug-likeness (QED) is 0.411. The highest BCUT2D eigenvalue weighted by Gasteiger charge is 2.58. The fraction of sp³-hybridized carbons (Fsp3) is 0.214. The molecule has 6 rings (SSSR count). The van der Waals surface area contributed by atoms with Crippen LogP contribution < -0.4 is 10.2 Å².